The number of ether oxygens (including phenoxy) is 1. The van der Waals surface area contributed by atoms with Crippen LogP contribution in [0.1, 0.15) is 27.4 Å². The number of rotatable bonds is 5. The Balaban J connectivity index is 1.86. The molecule has 2 N–H and O–H groups in total. The molecule has 0 spiro atoms. The first-order valence-electron chi connectivity index (χ1n) is 8.25. The summed E-state index contributed by atoms with van der Waals surface area (Å²) < 4.78 is 20.5. The maximum absolute atomic E-state index is 15.0. The number of nitrogens with zero attached hydrogens (tertiary/aromatic N) is 2. The van der Waals surface area contributed by atoms with Crippen molar-refractivity contribution in [3.05, 3.63) is 72.9 Å². The van der Waals surface area contributed by atoms with Crippen molar-refractivity contribution in [3.63, 3.8) is 0 Å². The van der Waals surface area contributed by atoms with Crippen LogP contribution in [0.5, 0.6) is 11.5 Å². The predicted molar refractivity (Wildman–Crippen MR) is 112 cm³/mol. The molecule has 154 valence electrons. The van der Waals surface area contributed by atoms with Crippen LogP contribution in [0.2, 0.25) is 20.2 Å². The van der Waals surface area contributed by atoms with Crippen molar-refractivity contribution in [2.24, 2.45) is 0 Å². The molecule has 0 radical (unpaired) electrons. The fourth-order valence-corrected chi connectivity index (χ4v) is 3.35. The molecule has 0 bridgehead atoms. The number of nitriles is 1. The number of aromatic amines is 1. The summed E-state index contributed by atoms with van der Waals surface area (Å²) in [5.41, 5.74) is 0.217. The molecule has 0 aliphatic carbocycles. The molecule has 1 amide bonds. The Labute approximate surface area is 190 Å². The molecule has 3 rings (SSSR count). The molecule has 3 aromatic rings. The van der Waals surface area contributed by atoms with E-state index in [1.165, 1.54) is 24.3 Å². The lowest BCUT2D eigenvalue weighted by atomic mass is 10.2. The number of hydrogen-bond donors (Lipinski definition) is 2. The molecule has 30 heavy (non-hydrogen) atoms. The number of carbonyl (C=O) groups is 1. The van der Waals surface area contributed by atoms with Crippen LogP contribution in [-0.4, -0.2) is 15.9 Å². The van der Waals surface area contributed by atoms with Crippen LogP contribution < -0.4 is 10.1 Å². The minimum Gasteiger partial charge on any atom is -0.451 e. The average molecular weight is 488 g/mol. The lowest BCUT2D eigenvalue weighted by molar-refractivity contribution is 0.0946. The first-order valence-corrected chi connectivity index (χ1v) is 9.76. The van der Waals surface area contributed by atoms with Gasteiger partial charge in [0.15, 0.2) is 16.7 Å². The minimum atomic E-state index is -0.816. The van der Waals surface area contributed by atoms with Gasteiger partial charge in [-0.3, -0.25) is 4.79 Å². The summed E-state index contributed by atoms with van der Waals surface area (Å²) in [7, 11) is 0. The molecule has 0 saturated heterocycles. The first kappa shape index (κ1) is 22.2. The number of H-pyrrole nitrogens is 1. The van der Waals surface area contributed by atoms with Gasteiger partial charge in [0.25, 0.3) is 5.91 Å². The molecule has 11 heteroatoms. The number of aryl methyl sites for hydroxylation is 1. The monoisotopic (exact) mass is 486 g/mol. The van der Waals surface area contributed by atoms with Gasteiger partial charge >= 0.3 is 0 Å². The molecular formula is C19H11Cl4FN4O2. The van der Waals surface area contributed by atoms with E-state index in [2.05, 4.69) is 15.3 Å². The van der Waals surface area contributed by atoms with Crippen molar-refractivity contribution in [2.45, 2.75) is 13.5 Å². The number of benzene rings is 2. The van der Waals surface area contributed by atoms with E-state index in [1.54, 1.807) is 6.92 Å². The lowest BCUT2D eigenvalue weighted by Gasteiger charge is -2.14. The Kier molecular flexibility index (Phi) is 6.74. The second kappa shape index (κ2) is 9.11. The average Bonchev–Trinajstić information content (AvgIpc) is 3.04. The summed E-state index contributed by atoms with van der Waals surface area (Å²) in [6.07, 6.45) is 0. The van der Waals surface area contributed by atoms with Crippen LogP contribution in [0.3, 0.4) is 0 Å². The summed E-state index contributed by atoms with van der Waals surface area (Å²) in [5, 5.41) is 11.8. The highest BCUT2D eigenvalue weighted by atomic mass is 35.5. The third-order valence-corrected chi connectivity index (χ3v) is 5.09. The summed E-state index contributed by atoms with van der Waals surface area (Å²) in [4.78, 5) is 18.9. The number of aromatic nitrogens is 2. The molecule has 0 atom stereocenters. The third kappa shape index (κ3) is 4.63. The van der Waals surface area contributed by atoms with E-state index >= 15 is 4.39 Å². The van der Waals surface area contributed by atoms with Gasteiger partial charge in [-0.1, -0.05) is 52.5 Å². The molecule has 1 heterocycles. The van der Waals surface area contributed by atoms with E-state index in [0.717, 1.165) is 0 Å². The smallest absolute Gasteiger partial charge is 0.271 e. The highest BCUT2D eigenvalue weighted by Gasteiger charge is 2.20. The second-order valence-electron chi connectivity index (χ2n) is 6.00. The van der Waals surface area contributed by atoms with Gasteiger partial charge in [0.2, 0.25) is 0 Å². The maximum Gasteiger partial charge on any atom is 0.271 e. The molecule has 0 aliphatic rings. The van der Waals surface area contributed by atoms with Gasteiger partial charge in [-0.05, 0) is 19.1 Å². The summed E-state index contributed by atoms with van der Waals surface area (Å²) in [5.74, 6) is -1.28. The van der Waals surface area contributed by atoms with E-state index in [9.17, 15) is 4.79 Å². The summed E-state index contributed by atoms with van der Waals surface area (Å²) >= 11 is 24.0. The Hall–Kier alpha value is -2.50. The van der Waals surface area contributed by atoms with Crippen LogP contribution in [0, 0.1) is 24.1 Å². The van der Waals surface area contributed by atoms with Gasteiger partial charge in [0.1, 0.15) is 28.4 Å². The van der Waals surface area contributed by atoms with Crippen molar-refractivity contribution in [1.82, 2.24) is 15.3 Å². The van der Waals surface area contributed by atoms with Gasteiger partial charge in [-0.25, -0.2) is 9.37 Å². The number of imidazole rings is 1. The van der Waals surface area contributed by atoms with E-state index in [1.807, 2.05) is 6.07 Å². The molecule has 0 unspecified atom stereocenters. The number of hydrogen-bond acceptors (Lipinski definition) is 4. The van der Waals surface area contributed by atoms with Crippen LogP contribution >= 0.6 is 46.4 Å². The largest absolute Gasteiger partial charge is 0.451 e. The van der Waals surface area contributed by atoms with Crippen molar-refractivity contribution in [3.8, 4) is 17.6 Å². The number of amides is 1. The summed E-state index contributed by atoms with van der Waals surface area (Å²) in [6.45, 7) is 1.46. The Morgan fingerprint density at radius 2 is 2.03 bits per heavy atom. The standard InChI is InChI=1S/C19H11Cl4FN4O2/c1-8-27-16(18(23)28-8)19(29)26-7-9-2-3-12(21)17(15(9)24)30-13-5-11(20)4-10(6-25)14(13)22/h2-5H,7H2,1H3,(H,26,29)(H,27,28). The molecule has 0 fully saturated rings. The maximum atomic E-state index is 15.0. The van der Waals surface area contributed by atoms with Crippen molar-refractivity contribution in [2.75, 3.05) is 0 Å². The van der Waals surface area contributed by atoms with Crippen LogP contribution in [0.25, 0.3) is 0 Å². The molecule has 2 aromatic carbocycles. The topological polar surface area (TPSA) is 90.8 Å². The highest BCUT2D eigenvalue weighted by molar-refractivity contribution is 6.35. The second-order valence-corrected chi connectivity index (χ2v) is 7.58. The van der Waals surface area contributed by atoms with Crippen LogP contribution in [0.4, 0.5) is 4.39 Å². The highest BCUT2D eigenvalue weighted by Crippen LogP contribution is 2.39. The molecule has 6 nitrogen and oxygen atoms in total. The lowest BCUT2D eigenvalue weighted by Crippen LogP contribution is -2.24. The van der Waals surface area contributed by atoms with Gasteiger partial charge in [-0.15, -0.1) is 0 Å². The van der Waals surface area contributed by atoms with Crippen molar-refractivity contribution in [1.29, 1.82) is 5.26 Å². The summed E-state index contributed by atoms with van der Waals surface area (Å²) in [6, 6.07) is 7.34. The van der Waals surface area contributed by atoms with E-state index < -0.39 is 11.7 Å². The normalized spacial score (nSPS) is 10.6. The van der Waals surface area contributed by atoms with Crippen molar-refractivity contribution < 1.29 is 13.9 Å². The first-order chi connectivity index (χ1) is 14.2. The molecular weight excluding hydrogens is 477 g/mol. The Morgan fingerprint density at radius 1 is 1.30 bits per heavy atom. The zero-order valence-corrected chi connectivity index (χ0v) is 18.1. The molecule has 0 aliphatic heterocycles. The van der Waals surface area contributed by atoms with Gasteiger partial charge in [0.05, 0.1) is 10.6 Å². The molecule has 1 aromatic heterocycles. The van der Waals surface area contributed by atoms with Gasteiger partial charge in [-0.2, -0.15) is 5.26 Å². The van der Waals surface area contributed by atoms with Crippen LogP contribution in [0.15, 0.2) is 24.3 Å². The van der Waals surface area contributed by atoms with E-state index in [4.69, 9.17) is 56.4 Å². The SMILES string of the molecule is Cc1nc(Cl)c(C(=O)NCc2ccc(Cl)c(Oc3cc(Cl)cc(C#N)c3Cl)c2F)[nH]1. The Bertz CT molecular complexity index is 1190. The number of halogens is 5. The number of carbonyl (C=O) groups excluding carboxylic acids is 1. The number of nitrogens with one attached hydrogen (secondary N) is 2. The molecule has 0 saturated carbocycles. The third-order valence-electron chi connectivity index (χ3n) is 3.91. The van der Waals surface area contributed by atoms with E-state index in [-0.39, 0.29) is 55.1 Å². The quantitative estimate of drug-likeness (QED) is 0.457. The fraction of sp³-hybridized carbons (Fsp3) is 0.105. The van der Waals surface area contributed by atoms with Gasteiger partial charge < -0.3 is 15.0 Å². The van der Waals surface area contributed by atoms with Crippen LogP contribution in [-0.2, 0) is 6.54 Å². The van der Waals surface area contributed by atoms with Gasteiger partial charge in [0, 0.05) is 23.2 Å². The zero-order valence-electron chi connectivity index (χ0n) is 15.1. The minimum absolute atomic E-state index is 0.00879. The van der Waals surface area contributed by atoms with E-state index in [0.29, 0.717) is 5.82 Å². The zero-order chi connectivity index (χ0) is 22.0. The predicted octanol–water partition coefficient (Wildman–Crippen LogP) is 6.06. The fourth-order valence-electron chi connectivity index (χ4n) is 2.51. The van der Waals surface area contributed by atoms with Crippen molar-refractivity contribution >= 4 is 52.3 Å². The Morgan fingerprint density at radius 3 is 2.67 bits per heavy atom.